The van der Waals surface area contributed by atoms with Crippen molar-refractivity contribution in [1.29, 1.82) is 0 Å². The lowest BCUT2D eigenvalue weighted by molar-refractivity contribution is 0.739. The monoisotopic (exact) mass is 174 g/mol. The van der Waals surface area contributed by atoms with Crippen LogP contribution in [0, 0.1) is 6.92 Å². The van der Waals surface area contributed by atoms with Gasteiger partial charge < -0.3 is 5.32 Å². The van der Waals surface area contributed by atoms with Crippen LogP contribution in [0.2, 0.25) is 0 Å². The molecule has 0 bridgehead atoms. The van der Waals surface area contributed by atoms with Crippen molar-refractivity contribution in [3.8, 4) is 0 Å². The van der Waals surface area contributed by atoms with Gasteiger partial charge >= 0.3 is 0 Å². The maximum atomic E-state index is 4.40. The van der Waals surface area contributed by atoms with Crippen molar-refractivity contribution >= 4 is 5.65 Å². The quantitative estimate of drug-likeness (QED) is 0.637. The highest BCUT2D eigenvalue weighted by Crippen LogP contribution is 2.15. The molecule has 3 rings (SSSR count). The number of aryl methyl sites for hydroxylation is 1. The van der Waals surface area contributed by atoms with Crippen molar-refractivity contribution in [2.45, 2.75) is 20.0 Å². The van der Waals surface area contributed by atoms with Gasteiger partial charge in [-0.2, -0.15) is 5.10 Å². The van der Waals surface area contributed by atoms with Crippen LogP contribution in [0.15, 0.2) is 12.3 Å². The molecule has 1 aliphatic rings. The standard InChI is InChI=1S/C9H10N4/c1-6-2-9-11-4-7-3-10-5-8(7)13(9)12-6/h2,4,10H,3,5H2,1H3. The summed E-state index contributed by atoms with van der Waals surface area (Å²) < 4.78 is 1.94. The van der Waals surface area contributed by atoms with Gasteiger partial charge in [0.2, 0.25) is 0 Å². The van der Waals surface area contributed by atoms with Crippen molar-refractivity contribution < 1.29 is 0 Å². The Labute approximate surface area is 75.6 Å². The third-order valence-corrected chi connectivity index (χ3v) is 2.40. The van der Waals surface area contributed by atoms with Crippen LogP contribution >= 0.6 is 0 Å². The number of aromatic nitrogens is 3. The Morgan fingerprint density at radius 1 is 1.46 bits per heavy atom. The Bertz CT molecular complexity index is 472. The maximum absolute atomic E-state index is 4.40. The molecule has 0 aromatic carbocycles. The summed E-state index contributed by atoms with van der Waals surface area (Å²) >= 11 is 0. The van der Waals surface area contributed by atoms with E-state index in [1.165, 1.54) is 11.3 Å². The predicted molar refractivity (Wildman–Crippen MR) is 48.3 cm³/mol. The molecule has 3 heterocycles. The summed E-state index contributed by atoms with van der Waals surface area (Å²) in [4.78, 5) is 4.33. The largest absolute Gasteiger partial charge is 0.307 e. The third kappa shape index (κ3) is 0.890. The molecule has 1 N–H and O–H groups in total. The van der Waals surface area contributed by atoms with Crippen LogP contribution < -0.4 is 5.32 Å². The first kappa shape index (κ1) is 7.03. The minimum absolute atomic E-state index is 0.898. The van der Waals surface area contributed by atoms with Crippen molar-refractivity contribution in [2.24, 2.45) is 0 Å². The van der Waals surface area contributed by atoms with Crippen LogP contribution in [0.3, 0.4) is 0 Å². The number of nitrogens with zero attached hydrogens (tertiary/aromatic N) is 3. The Balaban J connectivity index is 2.42. The molecule has 0 fully saturated rings. The molecular weight excluding hydrogens is 164 g/mol. The van der Waals surface area contributed by atoms with Crippen LogP contribution in [0.4, 0.5) is 0 Å². The number of fused-ring (bicyclic) bond motifs is 3. The van der Waals surface area contributed by atoms with E-state index in [1.807, 2.05) is 23.7 Å². The fraction of sp³-hybridized carbons (Fsp3) is 0.333. The van der Waals surface area contributed by atoms with E-state index in [0.29, 0.717) is 0 Å². The average molecular weight is 174 g/mol. The van der Waals surface area contributed by atoms with E-state index in [1.54, 1.807) is 0 Å². The van der Waals surface area contributed by atoms with E-state index in [2.05, 4.69) is 15.4 Å². The summed E-state index contributed by atoms with van der Waals surface area (Å²) in [6.07, 6.45) is 1.94. The molecule has 0 saturated carbocycles. The van der Waals surface area contributed by atoms with E-state index in [-0.39, 0.29) is 0 Å². The van der Waals surface area contributed by atoms with E-state index in [0.717, 1.165) is 24.4 Å². The molecule has 2 aromatic rings. The molecule has 0 spiro atoms. The van der Waals surface area contributed by atoms with Crippen LogP contribution in [0.25, 0.3) is 5.65 Å². The van der Waals surface area contributed by atoms with Crippen LogP contribution in [0.5, 0.6) is 0 Å². The third-order valence-electron chi connectivity index (χ3n) is 2.40. The fourth-order valence-corrected chi connectivity index (χ4v) is 1.78. The van der Waals surface area contributed by atoms with Gasteiger partial charge in [0.15, 0.2) is 5.65 Å². The average Bonchev–Trinajstić information content (AvgIpc) is 2.65. The molecule has 0 radical (unpaired) electrons. The zero-order valence-electron chi connectivity index (χ0n) is 7.41. The normalized spacial score (nSPS) is 15.2. The van der Waals surface area contributed by atoms with Crippen LogP contribution in [-0.2, 0) is 13.1 Å². The second-order valence-corrected chi connectivity index (χ2v) is 3.39. The Morgan fingerprint density at radius 2 is 2.38 bits per heavy atom. The Morgan fingerprint density at radius 3 is 3.31 bits per heavy atom. The minimum atomic E-state index is 0.898. The molecule has 66 valence electrons. The van der Waals surface area contributed by atoms with Crippen molar-refractivity contribution in [1.82, 2.24) is 19.9 Å². The lowest BCUT2D eigenvalue weighted by atomic mass is 10.3. The molecule has 13 heavy (non-hydrogen) atoms. The highest BCUT2D eigenvalue weighted by atomic mass is 15.3. The summed E-state index contributed by atoms with van der Waals surface area (Å²) in [5.41, 5.74) is 4.47. The molecule has 0 unspecified atom stereocenters. The van der Waals surface area contributed by atoms with E-state index >= 15 is 0 Å². The minimum Gasteiger partial charge on any atom is -0.307 e. The summed E-state index contributed by atoms with van der Waals surface area (Å²) in [7, 11) is 0. The van der Waals surface area contributed by atoms with Crippen molar-refractivity contribution in [2.75, 3.05) is 0 Å². The summed E-state index contributed by atoms with van der Waals surface area (Å²) in [6, 6.07) is 2.00. The number of hydrogen-bond donors (Lipinski definition) is 1. The van der Waals surface area contributed by atoms with Gasteiger partial charge in [0.05, 0.1) is 11.4 Å². The first-order chi connectivity index (χ1) is 6.34. The highest BCUT2D eigenvalue weighted by Gasteiger charge is 2.14. The highest BCUT2D eigenvalue weighted by molar-refractivity contribution is 5.42. The van der Waals surface area contributed by atoms with Gasteiger partial charge in [-0.25, -0.2) is 9.50 Å². The molecule has 0 aliphatic carbocycles. The van der Waals surface area contributed by atoms with Gasteiger partial charge in [0.1, 0.15) is 0 Å². The topological polar surface area (TPSA) is 42.2 Å². The van der Waals surface area contributed by atoms with Crippen LogP contribution in [-0.4, -0.2) is 14.6 Å². The first-order valence-electron chi connectivity index (χ1n) is 4.38. The summed E-state index contributed by atoms with van der Waals surface area (Å²) in [5, 5.41) is 7.69. The Kier molecular flexibility index (Phi) is 1.24. The lowest BCUT2D eigenvalue weighted by Crippen LogP contribution is -2.03. The molecule has 0 saturated heterocycles. The molecule has 4 heteroatoms. The zero-order valence-corrected chi connectivity index (χ0v) is 7.41. The number of hydrogen-bond acceptors (Lipinski definition) is 3. The summed E-state index contributed by atoms with van der Waals surface area (Å²) in [6.45, 7) is 3.80. The van der Waals surface area contributed by atoms with Gasteiger partial charge in [0.25, 0.3) is 0 Å². The number of rotatable bonds is 0. The molecule has 0 atom stereocenters. The first-order valence-corrected chi connectivity index (χ1v) is 4.38. The molecule has 0 amide bonds. The second kappa shape index (κ2) is 2.29. The van der Waals surface area contributed by atoms with Crippen molar-refractivity contribution in [3.63, 3.8) is 0 Å². The number of nitrogens with one attached hydrogen (secondary N) is 1. The van der Waals surface area contributed by atoms with Crippen LogP contribution in [0.1, 0.15) is 17.0 Å². The smallest absolute Gasteiger partial charge is 0.155 e. The Hall–Kier alpha value is -1.42. The maximum Gasteiger partial charge on any atom is 0.155 e. The molecule has 2 aromatic heterocycles. The SMILES string of the molecule is Cc1cc2ncc3c(n2n1)CNC3. The zero-order chi connectivity index (χ0) is 8.84. The predicted octanol–water partition coefficient (Wildman–Crippen LogP) is 0.641. The van der Waals surface area contributed by atoms with E-state index < -0.39 is 0 Å². The molecular formula is C9H10N4. The van der Waals surface area contributed by atoms with Gasteiger partial charge in [-0.3, -0.25) is 0 Å². The fourth-order valence-electron chi connectivity index (χ4n) is 1.78. The molecule has 1 aliphatic heterocycles. The van der Waals surface area contributed by atoms with Gasteiger partial charge in [-0.15, -0.1) is 0 Å². The van der Waals surface area contributed by atoms with Gasteiger partial charge in [-0.1, -0.05) is 0 Å². The molecule has 4 nitrogen and oxygen atoms in total. The van der Waals surface area contributed by atoms with Crippen molar-refractivity contribution in [3.05, 3.63) is 29.2 Å². The second-order valence-electron chi connectivity index (χ2n) is 3.39. The van der Waals surface area contributed by atoms with Gasteiger partial charge in [-0.05, 0) is 6.92 Å². The lowest BCUT2D eigenvalue weighted by Gasteiger charge is -1.99. The van der Waals surface area contributed by atoms with E-state index in [4.69, 9.17) is 0 Å². The van der Waals surface area contributed by atoms with Gasteiger partial charge in [0, 0.05) is 30.9 Å². The summed E-state index contributed by atoms with van der Waals surface area (Å²) in [5.74, 6) is 0. The van der Waals surface area contributed by atoms with E-state index in [9.17, 15) is 0 Å².